The lowest BCUT2D eigenvalue weighted by Gasteiger charge is -2.09. The van der Waals surface area contributed by atoms with E-state index in [1.165, 1.54) is 6.08 Å². The number of halogens is 1. The zero-order valence-electron chi connectivity index (χ0n) is 16.3. The molecule has 0 unspecified atom stereocenters. The van der Waals surface area contributed by atoms with Crippen LogP contribution < -0.4 is 10.1 Å². The van der Waals surface area contributed by atoms with Gasteiger partial charge in [0.25, 0.3) is 0 Å². The van der Waals surface area contributed by atoms with Crippen molar-refractivity contribution in [3.05, 3.63) is 99.7 Å². The molecule has 0 heterocycles. The molecule has 5 nitrogen and oxygen atoms in total. The molecule has 0 saturated carbocycles. The highest BCUT2D eigenvalue weighted by Crippen LogP contribution is 2.29. The molecule has 0 saturated heterocycles. The Labute approximate surface area is 183 Å². The minimum atomic E-state index is -1.21. The molecule has 0 aliphatic rings. The Morgan fingerprint density at radius 1 is 1.00 bits per heavy atom. The van der Waals surface area contributed by atoms with Gasteiger partial charge in [-0.05, 0) is 64.3 Å². The minimum absolute atomic E-state index is 0.101. The van der Waals surface area contributed by atoms with Gasteiger partial charge in [-0.1, -0.05) is 54.1 Å². The van der Waals surface area contributed by atoms with Crippen molar-refractivity contribution in [2.45, 2.75) is 13.3 Å². The monoisotopic (exact) mass is 465 g/mol. The summed E-state index contributed by atoms with van der Waals surface area (Å²) in [5.74, 6) is -0.308. The number of hydrogen-bond donors (Lipinski definition) is 2. The van der Waals surface area contributed by atoms with E-state index < -0.39 is 5.97 Å². The topological polar surface area (TPSA) is 75.6 Å². The second-order valence-corrected chi connectivity index (χ2v) is 7.53. The largest absolute Gasteiger partial charge is 0.477 e. The van der Waals surface area contributed by atoms with Crippen molar-refractivity contribution in [3.63, 3.8) is 0 Å². The van der Waals surface area contributed by atoms with Crippen LogP contribution in [-0.2, 0) is 16.0 Å². The number of para-hydroxylation sites is 1. The highest BCUT2D eigenvalue weighted by Gasteiger charge is 2.12. The van der Waals surface area contributed by atoms with Gasteiger partial charge in [-0.3, -0.25) is 4.79 Å². The lowest BCUT2D eigenvalue weighted by molar-refractivity contribution is -0.134. The molecule has 0 spiro atoms. The molecular weight excluding hydrogens is 446 g/mol. The van der Waals surface area contributed by atoms with E-state index in [4.69, 9.17) is 4.74 Å². The number of carboxylic acids is 1. The summed E-state index contributed by atoms with van der Waals surface area (Å²) < 4.78 is 6.63. The number of rotatable bonds is 7. The second kappa shape index (κ2) is 9.89. The molecule has 2 N–H and O–H groups in total. The van der Waals surface area contributed by atoms with E-state index in [0.717, 1.165) is 15.6 Å². The molecule has 3 aromatic carbocycles. The smallest absolute Gasteiger partial charge is 0.352 e. The van der Waals surface area contributed by atoms with Crippen LogP contribution in [0.2, 0.25) is 0 Å². The van der Waals surface area contributed by atoms with Crippen molar-refractivity contribution in [2.75, 3.05) is 0 Å². The van der Waals surface area contributed by atoms with Crippen LogP contribution in [0.5, 0.6) is 11.5 Å². The molecule has 152 valence electrons. The van der Waals surface area contributed by atoms with Gasteiger partial charge in [0.05, 0.1) is 10.9 Å². The maximum Gasteiger partial charge on any atom is 0.352 e. The summed E-state index contributed by atoms with van der Waals surface area (Å²) in [6, 6.07) is 21.9. The Morgan fingerprint density at radius 3 is 2.30 bits per heavy atom. The number of hydrogen-bond acceptors (Lipinski definition) is 3. The van der Waals surface area contributed by atoms with E-state index in [1.54, 1.807) is 24.3 Å². The van der Waals surface area contributed by atoms with E-state index in [2.05, 4.69) is 21.2 Å². The second-order valence-electron chi connectivity index (χ2n) is 6.68. The van der Waals surface area contributed by atoms with Crippen LogP contribution in [0.4, 0.5) is 0 Å². The van der Waals surface area contributed by atoms with Gasteiger partial charge in [-0.2, -0.15) is 0 Å². The normalized spacial score (nSPS) is 11.1. The summed E-state index contributed by atoms with van der Waals surface area (Å²) >= 11 is 3.43. The highest BCUT2D eigenvalue weighted by molar-refractivity contribution is 9.10. The van der Waals surface area contributed by atoms with Crippen molar-refractivity contribution < 1.29 is 19.4 Å². The molecule has 0 aromatic heterocycles. The zero-order valence-corrected chi connectivity index (χ0v) is 17.8. The van der Waals surface area contributed by atoms with E-state index >= 15 is 0 Å². The lowest BCUT2D eigenvalue weighted by atomic mass is 10.1. The summed E-state index contributed by atoms with van der Waals surface area (Å²) in [5.41, 5.74) is 2.35. The predicted molar refractivity (Wildman–Crippen MR) is 119 cm³/mol. The average molecular weight is 466 g/mol. The summed E-state index contributed by atoms with van der Waals surface area (Å²) in [4.78, 5) is 23.8. The van der Waals surface area contributed by atoms with Crippen LogP contribution in [0.3, 0.4) is 0 Å². The number of amides is 1. The fraction of sp³-hybridized carbons (Fsp3) is 0.0833. The quantitative estimate of drug-likeness (QED) is 0.462. The van der Waals surface area contributed by atoms with Crippen LogP contribution in [-0.4, -0.2) is 17.0 Å². The number of nitrogens with one attached hydrogen (secondary N) is 1. The molecule has 0 radical (unpaired) electrons. The van der Waals surface area contributed by atoms with E-state index in [1.807, 2.05) is 55.5 Å². The van der Waals surface area contributed by atoms with Crippen molar-refractivity contribution in [2.24, 2.45) is 0 Å². The van der Waals surface area contributed by atoms with Gasteiger partial charge in [-0.25, -0.2) is 4.79 Å². The van der Waals surface area contributed by atoms with Crippen molar-refractivity contribution in [1.29, 1.82) is 0 Å². The molecule has 1 amide bonds. The fourth-order valence-electron chi connectivity index (χ4n) is 2.69. The molecule has 0 bridgehead atoms. The van der Waals surface area contributed by atoms with Gasteiger partial charge in [0.15, 0.2) is 0 Å². The Bertz CT molecular complexity index is 1070. The first-order valence-electron chi connectivity index (χ1n) is 9.23. The van der Waals surface area contributed by atoms with Gasteiger partial charge >= 0.3 is 5.97 Å². The summed E-state index contributed by atoms with van der Waals surface area (Å²) in [6.45, 7) is 1.96. The van der Waals surface area contributed by atoms with Gasteiger partial charge in [0.2, 0.25) is 5.91 Å². The number of carboxylic acid groups (broad SMARTS) is 1. The third-order valence-corrected chi connectivity index (χ3v) is 4.90. The van der Waals surface area contributed by atoms with Crippen LogP contribution in [0.25, 0.3) is 6.08 Å². The van der Waals surface area contributed by atoms with Crippen molar-refractivity contribution >= 4 is 33.9 Å². The number of aryl methyl sites for hydroxylation is 1. The maximum absolute atomic E-state index is 12.3. The number of benzene rings is 3. The first-order chi connectivity index (χ1) is 14.4. The molecule has 0 atom stereocenters. The molecule has 3 rings (SSSR count). The maximum atomic E-state index is 12.3. The Hall–Kier alpha value is -3.38. The van der Waals surface area contributed by atoms with Gasteiger partial charge < -0.3 is 15.2 Å². The average Bonchev–Trinajstić information content (AvgIpc) is 2.72. The van der Waals surface area contributed by atoms with Crippen LogP contribution >= 0.6 is 15.9 Å². The first-order valence-corrected chi connectivity index (χ1v) is 10.0. The molecule has 30 heavy (non-hydrogen) atoms. The number of carbonyl (C=O) groups excluding carboxylic acids is 1. The van der Waals surface area contributed by atoms with Gasteiger partial charge in [0, 0.05) is 0 Å². The standard InChI is InChI=1S/C24H20BrNO4/c1-16-6-8-18(9-7-16)15-23(27)26-21(24(28)29)14-17-10-12-19(13-11-17)30-22-5-3-2-4-20(22)25/h2-14H,15H2,1H3,(H,26,27)(H,28,29)/b21-14-. The predicted octanol–water partition coefficient (Wildman–Crippen LogP) is 5.33. The third-order valence-electron chi connectivity index (χ3n) is 4.25. The molecule has 6 heteroatoms. The molecule has 0 fully saturated rings. The third kappa shape index (κ3) is 6.06. The summed E-state index contributed by atoms with van der Waals surface area (Å²) in [6.07, 6.45) is 1.52. The number of carbonyl (C=O) groups is 2. The van der Waals surface area contributed by atoms with Crippen LogP contribution in [0.1, 0.15) is 16.7 Å². The van der Waals surface area contributed by atoms with Crippen molar-refractivity contribution in [3.8, 4) is 11.5 Å². The van der Waals surface area contributed by atoms with E-state index in [9.17, 15) is 14.7 Å². The SMILES string of the molecule is Cc1ccc(CC(=O)N/C(=C\c2ccc(Oc3ccccc3Br)cc2)C(=O)O)cc1. The van der Waals surface area contributed by atoms with Gasteiger partial charge in [0.1, 0.15) is 17.2 Å². The molecule has 0 aliphatic heterocycles. The number of aliphatic carboxylic acids is 1. The Morgan fingerprint density at radius 2 is 1.67 bits per heavy atom. The van der Waals surface area contributed by atoms with E-state index in [-0.39, 0.29) is 18.0 Å². The number of ether oxygens (including phenoxy) is 1. The Kier molecular flexibility index (Phi) is 7.03. The molecular formula is C24H20BrNO4. The Balaban J connectivity index is 1.68. The van der Waals surface area contributed by atoms with Crippen molar-refractivity contribution in [1.82, 2.24) is 5.32 Å². The first kappa shape index (κ1) is 21.3. The fourth-order valence-corrected chi connectivity index (χ4v) is 3.06. The summed E-state index contributed by atoms with van der Waals surface area (Å²) in [5, 5.41) is 11.9. The van der Waals surface area contributed by atoms with Crippen LogP contribution in [0.15, 0.2) is 83.0 Å². The van der Waals surface area contributed by atoms with E-state index in [0.29, 0.717) is 17.1 Å². The minimum Gasteiger partial charge on any atom is -0.477 e. The zero-order chi connectivity index (χ0) is 21.5. The highest BCUT2D eigenvalue weighted by atomic mass is 79.9. The van der Waals surface area contributed by atoms with Gasteiger partial charge in [-0.15, -0.1) is 0 Å². The molecule has 3 aromatic rings. The van der Waals surface area contributed by atoms with Crippen LogP contribution in [0, 0.1) is 6.92 Å². The lowest BCUT2D eigenvalue weighted by Crippen LogP contribution is -2.28. The summed E-state index contributed by atoms with van der Waals surface area (Å²) in [7, 11) is 0. The molecule has 0 aliphatic carbocycles.